The number of amides is 3. The van der Waals surface area contributed by atoms with Crippen molar-refractivity contribution in [1.29, 1.82) is 0 Å². The van der Waals surface area contributed by atoms with Gasteiger partial charge in [-0.05, 0) is 44.9 Å². The predicted molar refractivity (Wildman–Crippen MR) is 134 cm³/mol. The zero-order valence-electron chi connectivity index (χ0n) is 20.5. The molecule has 3 amide bonds. The van der Waals surface area contributed by atoms with E-state index in [0.29, 0.717) is 6.54 Å². The first kappa shape index (κ1) is 27.1. The second-order valence-corrected chi connectivity index (χ2v) is 10.8. The van der Waals surface area contributed by atoms with E-state index in [1.807, 2.05) is 26.8 Å². The highest BCUT2D eigenvalue weighted by Gasteiger charge is 2.35. The molecule has 1 saturated heterocycles. The summed E-state index contributed by atoms with van der Waals surface area (Å²) in [5, 5.41) is 13.8. The Balaban J connectivity index is 1.80. The molecule has 2 aromatic rings. The van der Waals surface area contributed by atoms with Crippen LogP contribution in [0.4, 0.5) is 10.5 Å². The summed E-state index contributed by atoms with van der Waals surface area (Å²) in [6.45, 7) is 6.42. The molecule has 1 heterocycles. The van der Waals surface area contributed by atoms with Gasteiger partial charge in [0.05, 0.1) is 9.82 Å². The summed E-state index contributed by atoms with van der Waals surface area (Å²) in [7, 11) is -4.15. The van der Waals surface area contributed by atoms with E-state index in [4.69, 9.17) is 0 Å². The fourth-order valence-electron chi connectivity index (χ4n) is 4.04. The Bertz CT molecular complexity index is 1190. The Morgan fingerprint density at radius 1 is 1.08 bits per heavy atom. The van der Waals surface area contributed by atoms with Crippen molar-refractivity contribution >= 4 is 27.6 Å². The Labute approximate surface area is 210 Å². The summed E-state index contributed by atoms with van der Waals surface area (Å²) in [5.41, 5.74) is 0.532. The van der Waals surface area contributed by atoms with Crippen LogP contribution in [0.25, 0.3) is 0 Å². The Morgan fingerprint density at radius 3 is 2.28 bits per heavy atom. The van der Waals surface area contributed by atoms with Gasteiger partial charge in [0.1, 0.15) is 6.04 Å². The van der Waals surface area contributed by atoms with Crippen LogP contribution in [0.5, 0.6) is 0 Å². The molecule has 2 unspecified atom stereocenters. The van der Waals surface area contributed by atoms with E-state index < -0.39 is 26.9 Å². The molecule has 2 aromatic carbocycles. The first-order valence-corrected chi connectivity index (χ1v) is 13.1. The number of nitro groups is 1. The van der Waals surface area contributed by atoms with Crippen molar-refractivity contribution < 1.29 is 22.9 Å². The third-order valence-electron chi connectivity index (χ3n) is 5.85. The lowest BCUT2D eigenvalue weighted by Crippen LogP contribution is -2.61. The zero-order valence-corrected chi connectivity index (χ0v) is 21.3. The summed E-state index contributed by atoms with van der Waals surface area (Å²) < 4.78 is 28.7. The fourth-order valence-corrected chi connectivity index (χ4v) is 5.23. The zero-order chi connectivity index (χ0) is 26.5. The van der Waals surface area contributed by atoms with Gasteiger partial charge in [-0.3, -0.25) is 14.9 Å². The number of piperazine rings is 1. The first-order chi connectivity index (χ1) is 17.0. The lowest BCUT2D eigenvalue weighted by molar-refractivity contribution is -0.384. The highest BCUT2D eigenvalue weighted by molar-refractivity contribution is 7.89. The molecule has 1 fully saturated rings. The lowest BCUT2D eigenvalue weighted by Gasteiger charge is -2.41. The van der Waals surface area contributed by atoms with Crippen molar-refractivity contribution in [1.82, 2.24) is 19.8 Å². The Kier molecular flexibility index (Phi) is 8.64. The van der Waals surface area contributed by atoms with Crippen LogP contribution in [0.15, 0.2) is 59.5 Å². The van der Waals surface area contributed by atoms with Gasteiger partial charge in [-0.15, -0.1) is 0 Å². The van der Waals surface area contributed by atoms with Gasteiger partial charge in [0, 0.05) is 43.9 Å². The third-order valence-corrected chi connectivity index (χ3v) is 7.34. The molecular weight excluding hydrogens is 486 g/mol. The summed E-state index contributed by atoms with van der Waals surface area (Å²) in [6, 6.07) is 11.9. The van der Waals surface area contributed by atoms with E-state index >= 15 is 0 Å². The van der Waals surface area contributed by atoms with Crippen molar-refractivity contribution in [2.75, 3.05) is 19.6 Å². The maximum absolute atomic E-state index is 13.5. The number of nitrogens with one attached hydrogen (secondary N) is 2. The summed E-state index contributed by atoms with van der Waals surface area (Å²) in [6.07, 6.45) is 0.119. The minimum atomic E-state index is -4.15. The van der Waals surface area contributed by atoms with Crippen molar-refractivity contribution in [3.63, 3.8) is 0 Å². The first-order valence-electron chi connectivity index (χ1n) is 11.6. The van der Waals surface area contributed by atoms with Gasteiger partial charge >= 0.3 is 6.03 Å². The number of nitrogens with zero attached hydrogens (tertiary/aromatic N) is 3. The van der Waals surface area contributed by atoms with Crippen LogP contribution in [-0.2, 0) is 21.2 Å². The summed E-state index contributed by atoms with van der Waals surface area (Å²) >= 11 is 0. The fraction of sp³-hybridized carbons (Fsp3) is 0.417. The largest absolute Gasteiger partial charge is 0.337 e. The second kappa shape index (κ2) is 11.5. The number of hydrogen-bond acceptors (Lipinski definition) is 6. The van der Waals surface area contributed by atoms with Gasteiger partial charge in [-0.2, -0.15) is 4.72 Å². The smallest absolute Gasteiger partial charge is 0.317 e. The molecule has 3 rings (SSSR count). The number of benzene rings is 2. The van der Waals surface area contributed by atoms with Gasteiger partial charge in [0.25, 0.3) is 5.69 Å². The summed E-state index contributed by atoms with van der Waals surface area (Å²) in [4.78, 5) is 39.4. The quantitative estimate of drug-likeness (QED) is 0.406. The maximum atomic E-state index is 13.5. The van der Waals surface area contributed by atoms with Gasteiger partial charge in [-0.1, -0.05) is 30.3 Å². The number of sulfonamides is 1. The standard InChI is InChI=1S/C24H31N5O6S/c1-17(2)25-24(31)28-14-13-27(16-18(28)3)23(30)22(15-19-7-5-4-6-8-19)26-36(34,35)21-11-9-20(10-12-21)29(32)33/h4-12,17-18,22,26H,13-16H2,1-3H3,(H,25,31). The molecule has 36 heavy (non-hydrogen) atoms. The Hall–Kier alpha value is -3.51. The lowest BCUT2D eigenvalue weighted by atomic mass is 10.0. The molecule has 0 saturated carbocycles. The minimum Gasteiger partial charge on any atom is -0.337 e. The number of nitro benzene ring substituents is 1. The minimum absolute atomic E-state index is 0.0200. The topological polar surface area (TPSA) is 142 Å². The van der Waals surface area contributed by atoms with E-state index in [2.05, 4.69) is 10.0 Å². The molecule has 1 aliphatic rings. The maximum Gasteiger partial charge on any atom is 0.317 e. The Morgan fingerprint density at radius 2 is 1.72 bits per heavy atom. The number of rotatable bonds is 8. The molecule has 0 radical (unpaired) electrons. The van der Waals surface area contributed by atoms with Crippen LogP contribution in [0.3, 0.4) is 0 Å². The monoisotopic (exact) mass is 517 g/mol. The molecule has 0 aliphatic carbocycles. The number of carbonyl (C=O) groups is 2. The number of hydrogen-bond donors (Lipinski definition) is 2. The molecule has 0 spiro atoms. The van der Waals surface area contributed by atoms with Crippen LogP contribution in [0, 0.1) is 10.1 Å². The van der Waals surface area contributed by atoms with Crippen LogP contribution < -0.4 is 10.0 Å². The SMILES string of the molecule is CC(C)NC(=O)N1CCN(C(=O)C(Cc2ccccc2)NS(=O)(=O)c2ccc([N+](=O)[O-])cc2)CC1C. The van der Waals surface area contributed by atoms with Crippen molar-refractivity contribution in [2.45, 2.75) is 50.2 Å². The molecule has 2 N–H and O–H groups in total. The molecule has 1 aliphatic heterocycles. The molecular formula is C24H31N5O6S. The average molecular weight is 518 g/mol. The average Bonchev–Trinajstić information content (AvgIpc) is 2.83. The van der Waals surface area contributed by atoms with E-state index in [-0.39, 0.29) is 48.2 Å². The van der Waals surface area contributed by atoms with E-state index in [1.165, 1.54) is 0 Å². The van der Waals surface area contributed by atoms with E-state index in [0.717, 1.165) is 29.8 Å². The van der Waals surface area contributed by atoms with E-state index in [1.54, 1.807) is 34.1 Å². The molecule has 12 heteroatoms. The van der Waals surface area contributed by atoms with Gasteiger partial charge in [0.15, 0.2) is 0 Å². The van der Waals surface area contributed by atoms with E-state index in [9.17, 15) is 28.1 Å². The van der Waals surface area contributed by atoms with Crippen LogP contribution in [-0.4, -0.2) is 72.8 Å². The van der Waals surface area contributed by atoms with Gasteiger partial charge in [-0.25, -0.2) is 13.2 Å². The van der Waals surface area contributed by atoms with Crippen LogP contribution >= 0.6 is 0 Å². The van der Waals surface area contributed by atoms with Crippen LogP contribution in [0.1, 0.15) is 26.3 Å². The normalized spacial score (nSPS) is 17.1. The molecule has 194 valence electrons. The van der Waals surface area contributed by atoms with Crippen molar-refractivity contribution in [3.8, 4) is 0 Å². The second-order valence-electron chi connectivity index (χ2n) is 9.05. The number of urea groups is 1. The highest BCUT2D eigenvalue weighted by atomic mass is 32.2. The van der Waals surface area contributed by atoms with Gasteiger partial charge in [0.2, 0.25) is 15.9 Å². The van der Waals surface area contributed by atoms with Crippen LogP contribution in [0.2, 0.25) is 0 Å². The molecule has 0 bridgehead atoms. The highest BCUT2D eigenvalue weighted by Crippen LogP contribution is 2.18. The van der Waals surface area contributed by atoms with Crippen molar-refractivity contribution in [2.24, 2.45) is 0 Å². The third kappa shape index (κ3) is 6.79. The molecule has 2 atom stereocenters. The molecule has 0 aromatic heterocycles. The van der Waals surface area contributed by atoms with Crippen molar-refractivity contribution in [3.05, 3.63) is 70.3 Å². The van der Waals surface area contributed by atoms with Gasteiger partial charge < -0.3 is 15.1 Å². The molecule has 11 nitrogen and oxygen atoms in total. The number of non-ortho nitro benzene ring substituents is 1. The predicted octanol–water partition coefficient (Wildman–Crippen LogP) is 2.14. The number of carbonyl (C=O) groups excluding carboxylic acids is 2. The summed E-state index contributed by atoms with van der Waals surface area (Å²) in [5.74, 6) is -0.403.